The maximum absolute atomic E-state index is 5.48. The third kappa shape index (κ3) is 4.44. The second-order valence-electron chi connectivity index (χ2n) is 3.71. The number of aromatic nitrogens is 2. The summed E-state index contributed by atoms with van der Waals surface area (Å²) >= 11 is 0. The predicted octanol–water partition coefficient (Wildman–Crippen LogP) is 1.27. The van der Waals surface area contributed by atoms with Gasteiger partial charge in [-0.25, -0.2) is 4.98 Å². The predicted molar refractivity (Wildman–Crippen MR) is 64.5 cm³/mol. The summed E-state index contributed by atoms with van der Waals surface area (Å²) in [6, 6.07) is 1.75. The fraction of sp³-hybridized carbons (Fsp3) is 0.636. The first kappa shape index (κ1) is 12.7. The average molecular weight is 224 g/mol. The van der Waals surface area contributed by atoms with Crippen molar-refractivity contribution >= 4 is 5.95 Å². The zero-order valence-electron chi connectivity index (χ0n) is 9.94. The van der Waals surface area contributed by atoms with E-state index >= 15 is 0 Å². The Morgan fingerprint density at radius 3 is 3.06 bits per heavy atom. The van der Waals surface area contributed by atoms with Gasteiger partial charge < -0.3 is 15.8 Å². The minimum atomic E-state index is 0.518. The summed E-state index contributed by atoms with van der Waals surface area (Å²) in [6.45, 7) is 6.22. The van der Waals surface area contributed by atoms with Crippen LogP contribution in [0.2, 0.25) is 0 Å². The number of anilines is 1. The lowest BCUT2D eigenvalue weighted by Gasteiger charge is -2.11. The van der Waals surface area contributed by atoms with Gasteiger partial charge in [0.1, 0.15) is 0 Å². The van der Waals surface area contributed by atoms with E-state index in [0.29, 0.717) is 30.9 Å². The van der Waals surface area contributed by atoms with Crippen LogP contribution in [0.4, 0.5) is 5.95 Å². The van der Waals surface area contributed by atoms with Crippen LogP contribution in [0, 0.1) is 5.92 Å². The summed E-state index contributed by atoms with van der Waals surface area (Å²) in [5.74, 6) is 1.73. The van der Waals surface area contributed by atoms with Gasteiger partial charge in [0.15, 0.2) is 0 Å². The average Bonchev–Trinajstić information content (AvgIpc) is 2.28. The highest BCUT2D eigenvalue weighted by Crippen LogP contribution is 2.09. The smallest absolute Gasteiger partial charge is 0.225 e. The highest BCUT2D eigenvalue weighted by Gasteiger charge is 2.03. The van der Waals surface area contributed by atoms with Crippen molar-refractivity contribution in [2.75, 3.05) is 25.0 Å². The topological polar surface area (TPSA) is 73.1 Å². The number of ether oxygens (including phenoxy) is 1. The molecule has 16 heavy (non-hydrogen) atoms. The Morgan fingerprint density at radius 2 is 2.38 bits per heavy atom. The molecule has 1 heterocycles. The molecular formula is C11H20N4O. The lowest BCUT2D eigenvalue weighted by molar-refractivity contribution is 0.326. The molecule has 0 saturated carbocycles. The van der Waals surface area contributed by atoms with Gasteiger partial charge in [-0.2, -0.15) is 4.98 Å². The number of nitrogens with one attached hydrogen (secondary N) is 1. The molecule has 1 aromatic rings. The van der Waals surface area contributed by atoms with E-state index in [0.717, 1.165) is 13.0 Å². The van der Waals surface area contributed by atoms with Crippen molar-refractivity contribution in [3.63, 3.8) is 0 Å². The molecule has 0 aliphatic rings. The lowest BCUT2D eigenvalue weighted by atomic mass is 10.1. The van der Waals surface area contributed by atoms with Crippen molar-refractivity contribution < 1.29 is 4.74 Å². The minimum Gasteiger partial charge on any atom is -0.478 e. The Hall–Kier alpha value is -1.36. The molecule has 0 bridgehead atoms. The number of rotatable bonds is 7. The van der Waals surface area contributed by atoms with E-state index < -0.39 is 0 Å². The first-order valence-electron chi connectivity index (χ1n) is 5.66. The minimum absolute atomic E-state index is 0.518. The zero-order chi connectivity index (χ0) is 11.8. The summed E-state index contributed by atoms with van der Waals surface area (Å²) in [5.41, 5.74) is 5.48. The Balaban J connectivity index is 2.44. The summed E-state index contributed by atoms with van der Waals surface area (Å²) in [5, 5.41) is 3.17. The van der Waals surface area contributed by atoms with E-state index in [4.69, 9.17) is 10.5 Å². The largest absolute Gasteiger partial charge is 0.478 e. The van der Waals surface area contributed by atoms with Crippen LogP contribution in [-0.4, -0.2) is 29.7 Å². The molecule has 0 amide bonds. The standard InChI is InChI=1S/C11H20N4O/c1-3-16-10-5-7-13-11(15-10)14-8-9(2)4-6-12/h5,7,9H,3-4,6,8,12H2,1-2H3,(H,13,14,15). The first-order chi connectivity index (χ1) is 7.76. The van der Waals surface area contributed by atoms with Crippen LogP contribution in [0.15, 0.2) is 12.3 Å². The molecule has 0 radical (unpaired) electrons. The van der Waals surface area contributed by atoms with Crippen LogP contribution >= 0.6 is 0 Å². The molecule has 3 N–H and O–H groups in total. The molecule has 1 atom stereocenters. The van der Waals surface area contributed by atoms with Crippen molar-refractivity contribution in [3.05, 3.63) is 12.3 Å². The van der Waals surface area contributed by atoms with Crippen LogP contribution in [-0.2, 0) is 0 Å². The molecule has 5 heteroatoms. The van der Waals surface area contributed by atoms with Gasteiger partial charge in [0.05, 0.1) is 6.61 Å². The fourth-order valence-corrected chi connectivity index (χ4v) is 1.31. The summed E-state index contributed by atoms with van der Waals surface area (Å²) in [4.78, 5) is 8.34. The summed E-state index contributed by atoms with van der Waals surface area (Å²) < 4.78 is 5.29. The molecular weight excluding hydrogens is 204 g/mol. The van der Waals surface area contributed by atoms with E-state index in [9.17, 15) is 0 Å². The Kier molecular flexibility index (Phi) is 5.56. The third-order valence-electron chi connectivity index (χ3n) is 2.19. The number of hydrogen-bond donors (Lipinski definition) is 2. The van der Waals surface area contributed by atoms with Gasteiger partial charge in [-0.3, -0.25) is 0 Å². The molecule has 0 aliphatic heterocycles. The molecule has 0 saturated heterocycles. The van der Waals surface area contributed by atoms with E-state index in [1.165, 1.54) is 0 Å². The van der Waals surface area contributed by atoms with Crippen LogP contribution in [0.5, 0.6) is 5.88 Å². The number of nitrogens with zero attached hydrogens (tertiary/aromatic N) is 2. The maximum atomic E-state index is 5.48. The highest BCUT2D eigenvalue weighted by molar-refractivity contribution is 5.27. The van der Waals surface area contributed by atoms with Crippen molar-refractivity contribution in [3.8, 4) is 5.88 Å². The molecule has 0 fully saturated rings. The normalized spacial score (nSPS) is 12.2. The van der Waals surface area contributed by atoms with Crippen LogP contribution in [0.25, 0.3) is 0 Å². The van der Waals surface area contributed by atoms with Crippen LogP contribution in [0.3, 0.4) is 0 Å². The monoisotopic (exact) mass is 224 g/mol. The second-order valence-corrected chi connectivity index (χ2v) is 3.71. The maximum Gasteiger partial charge on any atom is 0.225 e. The molecule has 0 aromatic carbocycles. The van der Waals surface area contributed by atoms with E-state index in [1.807, 2.05) is 6.92 Å². The molecule has 1 aromatic heterocycles. The van der Waals surface area contributed by atoms with E-state index in [-0.39, 0.29) is 0 Å². The molecule has 1 rings (SSSR count). The Labute approximate surface area is 96.4 Å². The van der Waals surface area contributed by atoms with Gasteiger partial charge in [0.25, 0.3) is 0 Å². The third-order valence-corrected chi connectivity index (χ3v) is 2.19. The van der Waals surface area contributed by atoms with E-state index in [1.54, 1.807) is 12.3 Å². The first-order valence-corrected chi connectivity index (χ1v) is 5.66. The van der Waals surface area contributed by atoms with Gasteiger partial charge in [-0.05, 0) is 25.8 Å². The molecule has 1 unspecified atom stereocenters. The van der Waals surface area contributed by atoms with Crippen molar-refractivity contribution in [1.29, 1.82) is 0 Å². The summed E-state index contributed by atoms with van der Waals surface area (Å²) in [6.07, 6.45) is 2.69. The zero-order valence-corrected chi connectivity index (χ0v) is 9.94. The molecule has 0 spiro atoms. The Bertz CT molecular complexity index is 306. The molecule has 0 aliphatic carbocycles. The van der Waals surface area contributed by atoms with Crippen LogP contribution < -0.4 is 15.8 Å². The summed E-state index contributed by atoms with van der Waals surface area (Å²) in [7, 11) is 0. The molecule has 5 nitrogen and oxygen atoms in total. The SMILES string of the molecule is CCOc1ccnc(NCC(C)CCN)n1. The number of hydrogen-bond acceptors (Lipinski definition) is 5. The van der Waals surface area contributed by atoms with Gasteiger partial charge >= 0.3 is 0 Å². The lowest BCUT2D eigenvalue weighted by Crippen LogP contribution is -2.16. The van der Waals surface area contributed by atoms with Gasteiger partial charge in [0, 0.05) is 18.8 Å². The quantitative estimate of drug-likeness (QED) is 0.729. The Morgan fingerprint density at radius 1 is 1.56 bits per heavy atom. The number of nitrogens with two attached hydrogens (primary N) is 1. The van der Waals surface area contributed by atoms with Gasteiger partial charge in [0.2, 0.25) is 11.8 Å². The van der Waals surface area contributed by atoms with Crippen molar-refractivity contribution in [2.24, 2.45) is 11.7 Å². The highest BCUT2D eigenvalue weighted by atomic mass is 16.5. The van der Waals surface area contributed by atoms with E-state index in [2.05, 4.69) is 22.2 Å². The van der Waals surface area contributed by atoms with Crippen molar-refractivity contribution in [1.82, 2.24) is 9.97 Å². The van der Waals surface area contributed by atoms with Crippen molar-refractivity contribution in [2.45, 2.75) is 20.3 Å². The fourth-order valence-electron chi connectivity index (χ4n) is 1.31. The van der Waals surface area contributed by atoms with Gasteiger partial charge in [-0.15, -0.1) is 0 Å². The second kappa shape index (κ2) is 7.00. The van der Waals surface area contributed by atoms with Gasteiger partial charge in [-0.1, -0.05) is 6.92 Å². The molecule has 90 valence electrons. The van der Waals surface area contributed by atoms with Crippen LogP contribution in [0.1, 0.15) is 20.3 Å².